The predicted molar refractivity (Wildman–Crippen MR) is 129 cm³/mol. The normalized spacial score (nSPS) is 20.0. The van der Waals surface area contributed by atoms with E-state index in [0.29, 0.717) is 51.0 Å². The third-order valence-electron chi connectivity index (χ3n) is 7.05. The number of carbonyl (C=O) groups excluding carboxylic acids is 2. The SMILES string of the molecule is CC(=O)N1CCN(c2nc3c(c(N(C)C4OCCc5ccccc54)n2)CN(C(C)C)C3=O)CC1. The minimum Gasteiger partial charge on any atom is -0.354 e. The van der Waals surface area contributed by atoms with E-state index in [0.717, 1.165) is 23.4 Å². The van der Waals surface area contributed by atoms with E-state index in [1.165, 1.54) is 5.56 Å². The first kappa shape index (κ1) is 22.6. The highest BCUT2D eigenvalue weighted by molar-refractivity contribution is 5.98. The van der Waals surface area contributed by atoms with Gasteiger partial charge in [0.25, 0.3) is 5.91 Å². The van der Waals surface area contributed by atoms with Crippen LogP contribution < -0.4 is 9.80 Å². The molecule has 5 rings (SSSR count). The molecule has 9 heteroatoms. The molecule has 0 radical (unpaired) electrons. The van der Waals surface area contributed by atoms with Crippen LogP contribution in [-0.4, -0.2) is 77.5 Å². The molecule has 1 aromatic heterocycles. The minimum atomic E-state index is -0.283. The fraction of sp³-hybridized carbons (Fsp3) is 0.520. The quantitative estimate of drug-likeness (QED) is 0.686. The molecule has 1 aromatic carbocycles. The number of aromatic nitrogens is 2. The molecule has 2 aromatic rings. The highest BCUT2D eigenvalue weighted by atomic mass is 16.5. The fourth-order valence-corrected chi connectivity index (χ4v) is 5.04. The number of amides is 2. The highest BCUT2D eigenvalue weighted by Gasteiger charge is 2.38. The van der Waals surface area contributed by atoms with Crippen molar-refractivity contribution < 1.29 is 14.3 Å². The lowest BCUT2D eigenvalue weighted by Crippen LogP contribution is -2.48. The first-order valence-electron chi connectivity index (χ1n) is 12.0. The van der Waals surface area contributed by atoms with Crippen molar-refractivity contribution in [3.63, 3.8) is 0 Å². The second-order valence-electron chi connectivity index (χ2n) is 9.48. The number of hydrogen-bond donors (Lipinski definition) is 0. The van der Waals surface area contributed by atoms with Crippen LogP contribution in [0.5, 0.6) is 0 Å². The van der Waals surface area contributed by atoms with Crippen molar-refractivity contribution in [3.8, 4) is 0 Å². The highest BCUT2D eigenvalue weighted by Crippen LogP contribution is 2.37. The number of carbonyl (C=O) groups is 2. The summed E-state index contributed by atoms with van der Waals surface area (Å²) in [7, 11) is 1.98. The number of anilines is 2. The molecule has 9 nitrogen and oxygen atoms in total. The standard InChI is InChI=1S/C25H32N6O3/c1-16(2)31-15-20-21(23(31)33)26-25(30-12-10-29(11-13-30)17(3)32)27-22(20)28(4)24-19-8-6-5-7-18(19)9-14-34-24/h5-8,16,24H,9-15H2,1-4H3. The molecule has 2 amide bonds. The molecule has 1 unspecified atom stereocenters. The molecule has 3 aliphatic heterocycles. The Hall–Kier alpha value is -3.20. The topological polar surface area (TPSA) is 82.1 Å². The molecule has 3 aliphatic rings. The summed E-state index contributed by atoms with van der Waals surface area (Å²) in [6, 6.07) is 8.40. The molecular formula is C25H32N6O3. The Balaban J connectivity index is 1.54. The molecule has 180 valence electrons. The minimum absolute atomic E-state index is 0.0596. The van der Waals surface area contributed by atoms with Gasteiger partial charge in [0, 0.05) is 57.3 Å². The third-order valence-corrected chi connectivity index (χ3v) is 7.05. The lowest BCUT2D eigenvalue weighted by Gasteiger charge is -2.36. The summed E-state index contributed by atoms with van der Waals surface area (Å²) in [4.78, 5) is 42.6. The average molecular weight is 465 g/mol. The molecule has 0 saturated carbocycles. The molecule has 34 heavy (non-hydrogen) atoms. The van der Waals surface area contributed by atoms with Crippen molar-refractivity contribution in [2.75, 3.05) is 49.6 Å². The molecule has 4 heterocycles. The summed E-state index contributed by atoms with van der Waals surface area (Å²) in [6.45, 7) is 9.24. The Morgan fingerprint density at radius 1 is 1.15 bits per heavy atom. The number of ether oxygens (including phenoxy) is 1. The molecule has 0 bridgehead atoms. The maximum Gasteiger partial charge on any atom is 0.273 e. The van der Waals surface area contributed by atoms with Gasteiger partial charge < -0.3 is 24.3 Å². The van der Waals surface area contributed by atoms with Crippen LogP contribution in [0, 0.1) is 0 Å². The number of piperazine rings is 1. The van der Waals surface area contributed by atoms with E-state index in [2.05, 4.69) is 23.1 Å². The zero-order valence-electron chi connectivity index (χ0n) is 20.3. The van der Waals surface area contributed by atoms with Crippen molar-refractivity contribution in [1.29, 1.82) is 0 Å². The number of benzene rings is 1. The van der Waals surface area contributed by atoms with Crippen LogP contribution >= 0.6 is 0 Å². The molecule has 0 aliphatic carbocycles. The van der Waals surface area contributed by atoms with Crippen molar-refractivity contribution in [2.24, 2.45) is 0 Å². The number of rotatable bonds is 4. The summed E-state index contributed by atoms with van der Waals surface area (Å²) in [5, 5.41) is 0. The van der Waals surface area contributed by atoms with Gasteiger partial charge in [0.1, 0.15) is 11.5 Å². The summed E-state index contributed by atoms with van der Waals surface area (Å²) in [5.74, 6) is 1.28. The van der Waals surface area contributed by atoms with Crippen LogP contribution in [0.2, 0.25) is 0 Å². The monoisotopic (exact) mass is 464 g/mol. The van der Waals surface area contributed by atoms with E-state index in [1.807, 2.05) is 41.7 Å². The van der Waals surface area contributed by atoms with Crippen LogP contribution in [0.1, 0.15) is 54.2 Å². The van der Waals surface area contributed by atoms with Crippen LogP contribution in [0.3, 0.4) is 0 Å². The molecule has 1 saturated heterocycles. The van der Waals surface area contributed by atoms with E-state index < -0.39 is 0 Å². The largest absolute Gasteiger partial charge is 0.354 e. The van der Waals surface area contributed by atoms with Gasteiger partial charge in [0.2, 0.25) is 11.9 Å². The van der Waals surface area contributed by atoms with Gasteiger partial charge in [-0.1, -0.05) is 24.3 Å². The first-order valence-corrected chi connectivity index (χ1v) is 12.0. The van der Waals surface area contributed by atoms with Gasteiger partial charge in [-0.3, -0.25) is 9.59 Å². The molecule has 1 atom stereocenters. The van der Waals surface area contributed by atoms with E-state index in [-0.39, 0.29) is 24.1 Å². The summed E-state index contributed by atoms with van der Waals surface area (Å²) < 4.78 is 6.22. The maximum atomic E-state index is 13.3. The molecule has 0 N–H and O–H groups in total. The number of hydrogen-bond acceptors (Lipinski definition) is 7. The van der Waals surface area contributed by atoms with Crippen LogP contribution in [0.4, 0.5) is 11.8 Å². The van der Waals surface area contributed by atoms with Crippen molar-refractivity contribution in [1.82, 2.24) is 19.8 Å². The summed E-state index contributed by atoms with van der Waals surface area (Å²) >= 11 is 0. The Kier molecular flexibility index (Phi) is 5.89. The van der Waals surface area contributed by atoms with E-state index in [4.69, 9.17) is 14.7 Å². The van der Waals surface area contributed by atoms with Gasteiger partial charge in [0.15, 0.2) is 6.23 Å². The Morgan fingerprint density at radius 3 is 2.59 bits per heavy atom. The van der Waals surface area contributed by atoms with Gasteiger partial charge in [-0.05, 0) is 25.8 Å². The van der Waals surface area contributed by atoms with Gasteiger partial charge >= 0.3 is 0 Å². The lowest BCUT2D eigenvalue weighted by atomic mass is 10.0. The zero-order valence-corrected chi connectivity index (χ0v) is 20.3. The van der Waals surface area contributed by atoms with Crippen molar-refractivity contribution in [3.05, 3.63) is 46.6 Å². The molecule has 1 fully saturated rings. The van der Waals surface area contributed by atoms with Crippen LogP contribution in [0.25, 0.3) is 0 Å². The first-order chi connectivity index (χ1) is 16.3. The average Bonchev–Trinajstić information content (AvgIpc) is 3.19. The van der Waals surface area contributed by atoms with Gasteiger partial charge in [-0.25, -0.2) is 4.98 Å². The molecule has 0 spiro atoms. The Morgan fingerprint density at radius 2 is 1.88 bits per heavy atom. The second-order valence-corrected chi connectivity index (χ2v) is 9.48. The third kappa shape index (κ3) is 3.87. The van der Waals surface area contributed by atoms with Gasteiger partial charge in [-0.2, -0.15) is 4.98 Å². The second kappa shape index (κ2) is 8.87. The number of nitrogens with zero attached hydrogens (tertiary/aromatic N) is 6. The van der Waals surface area contributed by atoms with E-state index >= 15 is 0 Å². The van der Waals surface area contributed by atoms with E-state index in [9.17, 15) is 9.59 Å². The Labute approximate surface area is 200 Å². The van der Waals surface area contributed by atoms with Gasteiger partial charge in [-0.15, -0.1) is 0 Å². The van der Waals surface area contributed by atoms with E-state index in [1.54, 1.807) is 6.92 Å². The summed E-state index contributed by atoms with van der Waals surface area (Å²) in [5.41, 5.74) is 3.72. The zero-order chi connectivity index (χ0) is 24.0. The lowest BCUT2D eigenvalue weighted by molar-refractivity contribution is -0.129. The van der Waals surface area contributed by atoms with Crippen LogP contribution in [0.15, 0.2) is 24.3 Å². The number of fused-ring (bicyclic) bond motifs is 2. The molecular weight excluding hydrogens is 432 g/mol. The summed E-state index contributed by atoms with van der Waals surface area (Å²) in [6.07, 6.45) is 0.600. The predicted octanol–water partition coefficient (Wildman–Crippen LogP) is 2.22. The van der Waals surface area contributed by atoms with Gasteiger partial charge in [0.05, 0.1) is 13.2 Å². The maximum absolute atomic E-state index is 13.3. The van der Waals surface area contributed by atoms with Crippen LogP contribution in [-0.2, 0) is 22.5 Å². The van der Waals surface area contributed by atoms with Crippen molar-refractivity contribution >= 4 is 23.6 Å². The smallest absolute Gasteiger partial charge is 0.273 e. The Bertz CT molecular complexity index is 1110. The fourth-order valence-electron chi connectivity index (χ4n) is 5.04. The van der Waals surface area contributed by atoms with Crippen molar-refractivity contribution in [2.45, 2.75) is 46.0 Å².